The molecule has 1 aromatic rings. The summed E-state index contributed by atoms with van der Waals surface area (Å²) >= 11 is 0. The van der Waals surface area contributed by atoms with Crippen molar-refractivity contribution in [1.29, 1.82) is 0 Å². The molecule has 0 spiro atoms. The summed E-state index contributed by atoms with van der Waals surface area (Å²) in [4.78, 5) is 0. The maximum atomic E-state index is 11.9. The van der Waals surface area contributed by atoms with Gasteiger partial charge in [0.25, 0.3) is 0 Å². The quantitative estimate of drug-likeness (QED) is 0.705. The Bertz CT molecular complexity index is 358. The first-order valence-electron chi connectivity index (χ1n) is 5.71. The van der Waals surface area contributed by atoms with Gasteiger partial charge in [0.2, 0.25) is 0 Å². The van der Waals surface area contributed by atoms with Gasteiger partial charge in [0.05, 0.1) is 6.61 Å². The summed E-state index contributed by atoms with van der Waals surface area (Å²) in [5.74, 6) is 0.671. The Hall–Kier alpha value is -1.19. The summed E-state index contributed by atoms with van der Waals surface area (Å²) in [5, 5.41) is 0. The van der Waals surface area contributed by atoms with Crippen LogP contribution in [0.5, 0.6) is 5.75 Å². The van der Waals surface area contributed by atoms with E-state index in [2.05, 4.69) is 6.92 Å². The molecule has 0 amide bonds. The molecule has 0 aliphatic carbocycles. The third kappa shape index (κ3) is 5.11. The second-order valence-electron chi connectivity index (χ2n) is 4.02. The summed E-state index contributed by atoms with van der Waals surface area (Å²) in [6.07, 6.45) is -3.95. The highest BCUT2D eigenvalue weighted by molar-refractivity contribution is 5.36. The van der Waals surface area contributed by atoms with E-state index < -0.39 is 12.6 Å². The highest BCUT2D eigenvalue weighted by Crippen LogP contribution is 2.23. The van der Waals surface area contributed by atoms with Crippen molar-refractivity contribution < 1.29 is 17.9 Å². The van der Waals surface area contributed by atoms with Crippen LogP contribution in [0.3, 0.4) is 0 Å². The van der Waals surface area contributed by atoms with Crippen molar-refractivity contribution in [3.05, 3.63) is 29.3 Å². The molecule has 0 saturated carbocycles. The summed E-state index contributed by atoms with van der Waals surface area (Å²) in [5.41, 5.74) is 2.17. The van der Waals surface area contributed by atoms with Crippen LogP contribution in [0.4, 0.5) is 13.2 Å². The Balaban J connectivity index is 2.42. The number of hydrogen-bond donors (Lipinski definition) is 0. The fourth-order valence-corrected chi connectivity index (χ4v) is 1.55. The van der Waals surface area contributed by atoms with E-state index in [0.717, 1.165) is 12.0 Å². The number of rotatable bonds is 5. The van der Waals surface area contributed by atoms with Crippen molar-refractivity contribution >= 4 is 0 Å². The van der Waals surface area contributed by atoms with Gasteiger partial charge >= 0.3 is 6.18 Å². The molecule has 0 heterocycles. The molecule has 1 nitrogen and oxygen atoms in total. The Kier molecular flexibility index (Phi) is 4.85. The van der Waals surface area contributed by atoms with E-state index in [9.17, 15) is 13.2 Å². The van der Waals surface area contributed by atoms with Gasteiger partial charge in [-0.15, -0.1) is 0 Å². The summed E-state index contributed by atoms with van der Waals surface area (Å²) in [6.45, 7) is 4.06. The number of ether oxygens (including phenoxy) is 1. The molecule has 0 fully saturated rings. The van der Waals surface area contributed by atoms with Crippen LogP contribution >= 0.6 is 0 Å². The second kappa shape index (κ2) is 5.94. The molecule has 4 heteroatoms. The van der Waals surface area contributed by atoms with E-state index in [-0.39, 0.29) is 13.0 Å². The molecular weight excluding hydrogens is 229 g/mol. The standard InChI is InChI=1S/C13H17F3O/c1-3-11-5-6-12(10(2)9-11)17-8-4-7-13(14,15)16/h5-6,9H,3-4,7-8H2,1-2H3. The van der Waals surface area contributed by atoms with Crippen LogP contribution in [0, 0.1) is 6.92 Å². The van der Waals surface area contributed by atoms with Crippen LogP contribution in [0.2, 0.25) is 0 Å². The zero-order valence-electron chi connectivity index (χ0n) is 10.1. The van der Waals surface area contributed by atoms with Crippen molar-refractivity contribution in [2.45, 2.75) is 39.3 Å². The van der Waals surface area contributed by atoms with Crippen LogP contribution in [0.15, 0.2) is 18.2 Å². The Labute approximate surface area is 99.6 Å². The fraction of sp³-hybridized carbons (Fsp3) is 0.538. The molecule has 0 aliphatic heterocycles. The molecule has 17 heavy (non-hydrogen) atoms. The number of alkyl halides is 3. The van der Waals surface area contributed by atoms with Crippen molar-refractivity contribution in [2.75, 3.05) is 6.61 Å². The smallest absolute Gasteiger partial charge is 0.389 e. The third-order valence-electron chi connectivity index (χ3n) is 2.51. The summed E-state index contributed by atoms with van der Waals surface area (Å²) in [6, 6.07) is 5.76. The third-order valence-corrected chi connectivity index (χ3v) is 2.51. The lowest BCUT2D eigenvalue weighted by Crippen LogP contribution is -2.10. The van der Waals surface area contributed by atoms with Crippen LogP contribution in [0.1, 0.15) is 30.9 Å². The molecule has 0 radical (unpaired) electrons. The van der Waals surface area contributed by atoms with Crippen LogP contribution in [-0.2, 0) is 6.42 Å². The van der Waals surface area contributed by atoms with Gasteiger partial charge in [-0.3, -0.25) is 0 Å². The van der Waals surface area contributed by atoms with Crippen molar-refractivity contribution in [3.8, 4) is 5.75 Å². The summed E-state index contributed by atoms with van der Waals surface area (Å²) < 4.78 is 41.0. The molecule has 0 saturated heterocycles. The first kappa shape index (κ1) is 13.9. The van der Waals surface area contributed by atoms with Crippen molar-refractivity contribution in [1.82, 2.24) is 0 Å². The first-order valence-corrected chi connectivity index (χ1v) is 5.71. The van der Waals surface area contributed by atoms with Gasteiger partial charge in [-0.2, -0.15) is 13.2 Å². The van der Waals surface area contributed by atoms with Gasteiger partial charge in [0.1, 0.15) is 5.75 Å². The zero-order valence-corrected chi connectivity index (χ0v) is 10.1. The minimum atomic E-state index is -4.09. The molecular formula is C13H17F3O. The van der Waals surface area contributed by atoms with Crippen LogP contribution in [-0.4, -0.2) is 12.8 Å². The minimum Gasteiger partial charge on any atom is -0.493 e. The van der Waals surface area contributed by atoms with Gasteiger partial charge in [-0.05, 0) is 37.0 Å². The fourth-order valence-electron chi connectivity index (χ4n) is 1.55. The van der Waals surface area contributed by atoms with Crippen LogP contribution < -0.4 is 4.74 Å². The van der Waals surface area contributed by atoms with Crippen molar-refractivity contribution in [3.63, 3.8) is 0 Å². The molecule has 0 bridgehead atoms. The highest BCUT2D eigenvalue weighted by Gasteiger charge is 2.26. The second-order valence-corrected chi connectivity index (χ2v) is 4.02. The normalized spacial score (nSPS) is 11.6. The molecule has 0 N–H and O–H groups in total. The lowest BCUT2D eigenvalue weighted by Gasteiger charge is -2.11. The van der Waals surface area contributed by atoms with E-state index in [1.54, 1.807) is 0 Å². The van der Waals surface area contributed by atoms with E-state index in [0.29, 0.717) is 5.75 Å². The average Bonchev–Trinajstić information content (AvgIpc) is 2.24. The Morgan fingerprint density at radius 2 is 1.94 bits per heavy atom. The Morgan fingerprint density at radius 3 is 2.47 bits per heavy atom. The van der Waals surface area contributed by atoms with Crippen molar-refractivity contribution in [2.24, 2.45) is 0 Å². The largest absolute Gasteiger partial charge is 0.493 e. The van der Waals surface area contributed by atoms with Gasteiger partial charge in [-0.1, -0.05) is 19.1 Å². The molecule has 0 unspecified atom stereocenters. The van der Waals surface area contributed by atoms with Gasteiger partial charge in [0.15, 0.2) is 0 Å². The molecule has 1 rings (SSSR count). The molecule has 96 valence electrons. The minimum absolute atomic E-state index is 0.00152. The maximum absolute atomic E-state index is 11.9. The van der Waals surface area contributed by atoms with Crippen LogP contribution in [0.25, 0.3) is 0 Å². The van der Waals surface area contributed by atoms with E-state index >= 15 is 0 Å². The van der Waals surface area contributed by atoms with E-state index in [4.69, 9.17) is 4.74 Å². The molecule has 0 aliphatic rings. The first-order chi connectivity index (χ1) is 7.92. The van der Waals surface area contributed by atoms with Gasteiger partial charge in [0, 0.05) is 6.42 Å². The highest BCUT2D eigenvalue weighted by atomic mass is 19.4. The zero-order chi connectivity index (χ0) is 12.9. The topological polar surface area (TPSA) is 9.23 Å². The number of hydrogen-bond acceptors (Lipinski definition) is 1. The molecule has 0 atom stereocenters. The van der Waals surface area contributed by atoms with Gasteiger partial charge in [-0.25, -0.2) is 0 Å². The predicted octanol–water partition coefficient (Wildman–Crippen LogP) is 4.28. The lowest BCUT2D eigenvalue weighted by molar-refractivity contribution is -0.136. The summed E-state index contributed by atoms with van der Waals surface area (Å²) in [7, 11) is 0. The predicted molar refractivity (Wildman–Crippen MR) is 61.3 cm³/mol. The van der Waals surface area contributed by atoms with E-state index in [1.165, 1.54) is 5.56 Å². The monoisotopic (exact) mass is 246 g/mol. The molecule has 1 aromatic carbocycles. The van der Waals surface area contributed by atoms with E-state index in [1.807, 2.05) is 25.1 Å². The number of benzene rings is 1. The SMILES string of the molecule is CCc1ccc(OCCCC(F)(F)F)c(C)c1. The lowest BCUT2D eigenvalue weighted by atomic mass is 10.1. The van der Waals surface area contributed by atoms with Gasteiger partial charge < -0.3 is 4.74 Å². The Morgan fingerprint density at radius 1 is 1.24 bits per heavy atom. The maximum Gasteiger partial charge on any atom is 0.389 e. The molecule has 0 aromatic heterocycles. The average molecular weight is 246 g/mol. The number of halogens is 3. The number of aryl methyl sites for hydroxylation is 2.